The summed E-state index contributed by atoms with van der Waals surface area (Å²) in [5, 5.41) is 3.39. The third kappa shape index (κ3) is 10.2. The number of hydrogen-bond acceptors (Lipinski definition) is 6. The van der Waals surface area contributed by atoms with E-state index in [2.05, 4.69) is 65.1 Å². The van der Waals surface area contributed by atoms with Crippen molar-refractivity contribution >= 4 is 57.3 Å². The van der Waals surface area contributed by atoms with Crippen molar-refractivity contribution < 1.29 is 26.7 Å². The zero-order chi connectivity index (χ0) is 32.6. The van der Waals surface area contributed by atoms with Crippen molar-refractivity contribution in [1.29, 1.82) is 0 Å². The second-order valence-electron chi connectivity index (χ2n) is 10.9. The molecular formula is C32H44Cl2N4O3RuS2. The van der Waals surface area contributed by atoms with E-state index in [-0.39, 0.29) is 11.0 Å². The fraction of sp³-hybridized carbons (Fsp3) is 0.375. The van der Waals surface area contributed by atoms with E-state index in [0.717, 1.165) is 35.7 Å². The number of nitrogens with one attached hydrogen (secondary N) is 1. The molecule has 1 heterocycles. The Kier molecular flexibility index (Phi) is 14.0. The van der Waals surface area contributed by atoms with Crippen LogP contribution < -0.4 is 10.2 Å². The second kappa shape index (κ2) is 16.8. The first-order valence-electron chi connectivity index (χ1n) is 14.2. The van der Waals surface area contributed by atoms with Crippen LogP contribution in [0.4, 0.5) is 11.4 Å². The number of aromatic hydroxyl groups is 1. The van der Waals surface area contributed by atoms with Gasteiger partial charge in [-0.3, -0.25) is 0 Å². The summed E-state index contributed by atoms with van der Waals surface area (Å²) in [7, 11) is 11.6. The molecule has 0 saturated carbocycles. The standard InChI is InChI=1S/C19H24N2O3S.C13H19N2S.2ClH.Ru/c1-14(2)24-19-9-7-6-8-18(19)20-13-16-10-11-17(12-15(16)3)25(22,23)21(4)5;1-10-7-11(2)13(12(3)8-10)14-5-6-15(9-14)16-4;;;/h3,6-12,14,20H,13H2,1-2,4-5H3;7-9H,5-6H2,1-4H3;2*1H;/q;-1;;;+2/p-1. The molecule has 1 fully saturated rings. The molecule has 12 heteroatoms. The minimum absolute atomic E-state index is 0.182. The number of ether oxygens (including phenoxy) is 1. The van der Waals surface area contributed by atoms with E-state index in [9.17, 15) is 8.42 Å². The molecule has 4 rings (SSSR count). The van der Waals surface area contributed by atoms with Crippen molar-refractivity contribution in [3.05, 3.63) is 89.1 Å². The Morgan fingerprint density at radius 2 is 1.73 bits per heavy atom. The summed E-state index contributed by atoms with van der Waals surface area (Å²) in [5.74, 6) is 0.886. The fourth-order valence-corrected chi connectivity index (χ4v) is 8.17. The Hall–Kier alpha value is -1.65. The van der Waals surface area contributed by atoms with Gasteiger partial charge in [0.2, 0.25) is 0 Å². The number of aliphatic hydroxyl groups is 1. The molecule has 244 valence electrons. The van der Waals surface area contributed by atoms with E-state index in [0.29, 0.717) is 6.54 Å². The molecule has 0 radical (unpaired) electrons. The third-order valence-corrected chi connectivity index (χ3v) is 11.2. The van der Waals surface area contributed by atoms with Gasteiger partial charge in [-0.05, 0) is 44.7 Å². The summed E-state index contributed by atoms with van der Waals surface area (Å²) in [6, 6.07) is 17.4. The molecular weight excluding hydrogens is 724 g/mol. The van der Waals surface area contributed by atoms with Crippen LogP contribution in [-0.2, 0) is 30.1 Å². The fourth-order valence-electron chi connectivity index (χ4n) is 4.90. The maximum atomic E-state index is 12.4. The van der Waals surface area contributed by atoms with E-state index in [1.54, 1.807) is 34.8 Å². The molecule has 0 atom stereocenters. The molecule has 44 heavy (non-hydrogen) atoms. The number of rotatable bonds is 10. The molecule has 0 aliphatic carbocycles. The predicted octanol–water partition coefficient (Wildman–Crippen LogP) is 7.41. The van der Waals surface area contributed by atoms with Gasteiger partial charge in [-0.25, -0.2) is 0 Å². The van der Waals surface area contributed by atoms with Crippen LogP contribution in [0.5, 0.6) is 5.75 Å². The Bertz CT molecular complexity index is 1540. The zero-order valence-corrected chi connectivity index (χ0v) is 31.5. The van der Waals surface area contributed by atoms with Crippen molar-refractivity contribution in [2.45, 2.75) is 52.2 Å². The number of para-hydroxylation sites is 2. The summed E-state index contributed by atoms with van der Waals surface area (Å²) < 4.78 is 34.7. The molecule has 0 aromatic heterocycles. The van der Waals surface area contributed by atoms with Crippen LogP contribution in [-0.4, -0.2) is 65.9 Å². The maximum absolute atomic E-state index is 12.4. The molecule has 0 amide bonds. The summed E-state index contributed by atoms with van der Waals surface area (Å²) >= 11 is -0.349. The molecule has 0 unspecified atom stereocenters. The van der Waals surface area contributed by atoms with Crippen LogP contribution in [0.3, 0.4) is 0 Å². The third-order valence-electron chi connectivity index (χ3n) is 6.84. The van der Waals surface area contributed by atoms with Crippen LogP contribution in [0, 0.1) is 27.4 Å². The van der Waals surface area contributed by atoms with Crippen LogP contribution in [0.25, 0.3) is 0 Å². The van der Waals surface area contributed by atoms with Gasteiger partial charge in [-0.15, -0.1) is 11.9 Å². The van der Waals surface area contributed by atoms with Crippen molar-refractivity contribution in [1.82, 2.24) is 8.61 Å². The van der Waals surface area contributed by atoms with Crippen LogP contribution in [0.1, 0.15) is 41.7 Å². The predicted molar refractivity (Wildman–Crippen MR) is 187 cm³/mol. The summed E-state index contributed by atoms with van der Waals surface area (Å²) in [6.45, 7) is 15.5. The summed E-state index contributed by atoms with van der Waals surface area (Å²) in [6.07, 6.45) is 2.30. The van der Waals surface area contributed by atoms with Crippen molar-refractivity contribution in [2.24, 2.45) is 0 Å². The molecule has 1 saturated heterocycles. The van der Waals surface area contributed by atoms with Gasteiger partial charge in [0.05, 0.1) is 0 Å². The van der Waals surface area contributed by atoms with Crippen molar-refractivity contribution in [3.63, 3.8) is 0 Å². The molecule has 0 bridgehead atoms. The molecule has 3 aromatic rings. The van der Waals surface area contributed by atoms with Gasteiger partial charge >= 0.3 is 181 Å². The second-order valence-corrected chi connectivity index (χ2v) is 19.6. The van der Waals surface area contributed by atoms with E-state index < -0.39 is 23.5 Å². The Labute approximate surface area is 281 Å². The van der Waals surface area contributed by atoms with Gasteiger partial charge in [0.1, 0.15) is 0 Å². The Balaban J connectivity index is 0.000000278. The van der Waals surface area contributed by atoms with Gasteiger partial charge in [-0.2, -0.15) is 6.67 Å². The summed E-state index contributed by atoms with van der Waals surface area (Å²) in [4.78, 5) is 2.58. The number of halogens is 2. The van der Waals surface area contributed by atoms with Crippen LogP contribution in [0.15, 0.2) is 59.5 Å². The van der Waals surface area contributed by atoms with Crippen LogP contribution >= 0.6 is 31.3 Å². The monoisotopic (exact) mass is 768 g/mol. The average Bonchev–Trinajstić information content (AvgIpc) is 3.41. The van der Waals surface area contributed by atoms with E-state index in [1.807, 2.05) is 38.1 Å². The topological polar surface area (TPSA) is 68.7 Å². The molecule has 7 nitrogen and oxygen atoms in total. The normalized spacial score (nSPS) is 14.0. The van der Waals surface area contributed by atoms with Gasteiger partial charge in [0.15, 0.2) is 0 Å². The first-order valence-corrected chi connectivity index (χ1v) is 22.3. The number of anilines is 2. The van der Waals surface area contributed by atoms with E-state index >= 15 is 0 Å². The number of sulfonamides is 1. The maximum Gasteiger partial charge on any atom is 0.0142 e. The van der Waals surface area contributed by atoms with Gasteiger partial charge in [0, 0.05) is 12.2 Å². The number of benzene rings is 3. The van der Waals surface area contributed by atoms with E-state index in [1.165, 1.54) is 40.8 Å². The smallest absolute Gasteiger partial charge is 0.0142 e. The average molecular weight is 769 g/mol. The summed E-state index contributed by atoms with van der Waals surface area (Å²) in [5.41, 5.74) is 8.03. The van der Waals surface area contributed by atoms with Gasteiger partial charge in [0.25, 0.3) is 0 Å². The minimum Gasteiger partial charge on any atom is -0.506 e. The van der Waals surface area contributed by atoms with Gasteiger partial charge < -0.3 is 9.21 Å². The van der Waals surface area contributed by atoms with Crippen molar-refractivity contribution in [2.75, 3.05) is 43.7 Å². The molecule has 3 aromatic carbocycles. The number of hydrogen-bond donors (Lipinski definition) is 1. The van der Waals surface area contributed by atoms with Gasteiger partial charge in [-0.1, -0.05) is 17.7 Å². The molecule has 2 N–H and O–H groups in total. The first kappa shape index (κ1) is 36.8. The van der Waals surface area contributed by atoms with E-state index in [4.69, 9.17) is 19.4 Å². The van der Waals surface area contributed by atoms with Crippen LogP contribution in [0.2, 0.25) is 0 Å². The molecule has 1 aliphatic rings. The Morgan fingerprint density at radius 1 is 1.07 bits per heavy atom. The largest absolute Gasteiger partial charge is 0.506 e. The quantitative estimate of drug-likeness (QED) is 0.0763. The Morgan fingerprint density at radius 3 is 2.30 bits per heavy atom. The number of aryl methyl sites for hydroxylation is 3. The zero-order valence-electron chi connectivity index (χ0n) is 26.6. The minimum atomic E-state index is -3.53. The SMILES string of the molecule is CC(C)[OH+]c1ccccc1NCc1ccc(S(=O)(=O)N(C)C)cc1[CH]=[Ru]([Cl])[Cl].CSN1[CH-]N(c2c(C)cc(C)cc2C)CC1. The van der Waals surface area contributed by atoms with Crippen molar-refractivity contribution in [3.8, 4) is 5.75 Å². The number of nitrogens with zero attached hydrogens (tertiary/aromatic N) is 3. The molecule has 0 spiro atoms. The first-order chi connectivity index (χ1) is 20.7. The molecule has 1 aliphatic heterocycles.